The van der Waals surface area contributed by atoms with Crippen molar-refractivity contribution in [1.29, 1.82) is 0 Å². The highest BCUT2D eigenvalue weighted by molar-refractivity contribution is 5.12. The van der Waals surface area contributed by atoms with E-state index in [2.05, 4.69) is 11.1 Å². The second-order valence-corrected chi connectivity index (χ2v) is 3.81. The molecule has 0 saturated heterocycles. The standard InChI is InChI=1S/C11H16N2/c12-10-6-2-1-5-9(10)11-7-3-4-8-13-11/h3-4,7-10H,1-2,5-6,12H2/t9-,10?/m1/s1. The zero-order valence-electron chi connectivity index (χ0n) is 7.82. The van der Waals surface area contributed by atoms with Gasteiger partial charge in [-0.1, -0.05) is 18.9 Å². The normalized spacial score (nSPS) is 28.7. The van der Waals surface area contributed by atoms with Gasteiger partial charge in [-0.3, -0.25) is 4.98 Å². The topological polar surface area (TPSA) is 38.9 Å². The quantitative estimate of drug-likeness (QED) is 0.711. The summed E-state index contributed by atoms with van der Waals surface area (Å²) in [4.78, 5) is 4.37. The van der Waals surface area contributed by atoms with Crippen LogP contribution in [0.1, 0.15) is 37.3 Å². The van der Waals surface area contributed by atoms with Crippen molar-refractivity contribution in [1.82, 2.24) is 4.98 Å². The Bertz CT molecular complexity index is 258. The third-order valence-corrected chi connectivity index (χ3v) is 2.89. The van der Waals surface area contributed by atoms with E-state index in [1.54, 1.807) is 0 Å². The third kappa shape index (κ3) is 1.89. The highest BCUT2D eigenvalue weighted by Gasteiger charge is 2.23. The predicted octanol–water partition coefficient (Wildman–Crippen LogP) is 2.07. The minimum atomic E-state index is 0.323. The van der Waals surface area contributed by atoms with E-state index in [1.165, 1.54) is 25.0 Å². The molecule has 70 valence electrons. The Kier molecular flexibility index (Phi) is 2.60. The van der Waals surface area contributed by atoms with Gasteiger partial charge in [-0.25, -0.2) is 0 Å². The Morgan fingerprint density at radius 2 is 2.08 bits per heavy atom. The second kappa shape index (κ2) is 3.88. The lowest BCUT2D eigenvalue weighted by Gasteiger charge is -2.27. The zero-order valence-corrected chi connectivity index (χ0v) is 7.82. The molecule has 0 aliphatic heterocycles. The Balaban J connectivity index is 2.15. The molecular weight excluding hydrogens is 160 g/mol. The van der Waals surface area contributed by atoms with Crippen LogP contribution in [-0.2, 0) is 0 Å². The molecule has 2 heteroatoms. The van der Waals surface area contributed by atoms with Crippen LogP contribution in [-0.4, -0.2) is 11.0 Å². The summed E-state index contributed by atoms with van der Waals surface area (Å²) in [7, 11) is 0. The highest BCUT2D eigenvalue weighted by atomic mass is 14.7. The molecular formula is C11H16N2. The van der Waals surface area contributed by atoms with Crippen LogP contribution >= 0.6 is 0 Å². The van der Waals surface area contributed by atoms with Crippen molar-refractivity contribution >= 4 is 0 Å². The molecule has 1 saturated carbocycles. The number of nitrogens with zero attached hydrogens (tertiary/aromatic N) is 1. The number of nitrogens with two attached hydrogens (primary N) is 1. The lowest BCUT2D eigenvalue weighted by Crippen LogP contribution is -2.31. The Hall–Kier alpha value is -0.890. The van der Waals surface area contributed by atoms with E-state index in [0.29, 0.717) is 12.0 Å². The maximum Gasteiger partial charge on any atom is 0.0449 e. The van der Waals surface area contributed by atoms with Crippen LogP contribution in [0.4, 0.5) is 0 Å². The summed E-state index contributed by atoms with van der Waals surface area (Å²) in [5.41, 5.74) is 7.25. The summed E-state index contributed by atoms with van der Waals surface area (Å²) in [6.45, 7) is 0. The lowest BCUT2D eigenvalue weighted by atomic mass is 9.83. The second-order valence-electron chi connectivity index (χ2n) is 3.81. The van der Waals surface area contributed by atoms with E-state index in [0.717, 1.165) is 6.42 Å². The van der Waals surface area contributed by atoms with Gasteiger partial charge in [-0.15, -0.1) is 0 Å². The van der Waals surface area contributed by atoms with Crippen LogP contribution in [0.2, 0.25) is 0 Å². The minimum absolute atomic E-state index is 0.323. The zero-order chi connectivity index (χ0) is 9.10. The molecule has 1 aliphatic carbocycles. The molecule has 1 aliphatic rings. The van der Waals surface area contributed by atoms with Crippen LogP contribution in [0.25, 0.3) is 0 Å². The Morgan fingerprint density at radius 3 is 2.77 bits per heavy atom. The fourth-order valence-corrected chi connectivity index (χ4v) is 2.12. The summed E-state index contributed by atoms with van der Waals surface area (Å²) >= 11 is 0. The van der Waals surface area contributed by atoms with E-state index in [-0.39, 0.29) is 0 Å². The van der Waals surface area contributed by atoms with Gasteiger partial charge >= 0.3 is 0 Å². The molecule has 0 bridgehead atoms. The van der Waals surface area contributed by atoms with E-state index in [9.17, 15) is 0 Å². The smallest absolute Gasteiger partial charge is 0.0449 e. The predicted molar refractivity (Wildman–Crippen MR) is 53.4 cm³/mol. The summed E-state index contributed by atoms with van der Waals surface area (Å²) in [5, 5.41) is 0. The van der Waals surface area contributed by atoms with Gasteiger partial charge in [-0.05, 0) is 25.0 Å². The minimum Gasteiger partial charge on any atom is -0.327 e. The molecule has 2 rings (SSSR count). The number of hydrogen-bond acceptors (Lipinski definition) is 2. The summed E-state index contributed by atoms with van der Waals surface area (Å²) in [6.07, 6.45) is 6.80. The fourth-order valence-electron chi connectivity index (χ4n) is 2.12. The average molecular weight is 176 g/mol. The molecule has 2 atom stereocenters. The average Bonchev–Trinajstić information content (AvgIpc) is 2.20. The first kappa shape index (κ1) is 8.70. The first-order valence-corrected chi connectivity index (χ1v) is 5.04. The highest BCUT2D eigenvalue weighted by Crippen LogP contribution is 2.30. The largest absolute Gasteiger partial charge is 0.327 e. The fraction of sp³-hybridized carbons (Fsp3) is 0.545. The van der Waals surface area contributed by atoms with Crippen molar-refractivity contribution in [3.05, 3.63) is 30.1 Å². The molecule has 0 amide bonds. The summed E-state index contributed by atoms with van der Waals surface area (Å²) in [6, 6.07) is 6.42. The van der Waals surface area contributed by atoms with E-state index in [1.807, 2.05) is 18.3 Å². The number of hydrogen-bond donors (Lipinski definition) is 1. The van der Waals surface area contributed by atoms with Crippen LogP contribution in [0.15, 0.2) is 24.4 Å². The van der Waals surface area contributed by atoms with Crippen molar-refractivity contribution in [2.45, 2.75) is 37.6 Å². The SMILES string of the molecule is NC1CCCC[C@H]1c1ccccn1. The number of aromatic nitrogens is 1. The maximum atomic E-state index is 6.07. The summed E-state index contributed by atoms with van der Waals surface area (Å²) < 4.78 is 0. The number of pyridine rings is 1. The van der Waals surface area contributed by atoms with Gasteiger partial charge in [0.25, 0.3) is 0 Å². The van der Waals surface area contributed by atoms with Crippen molar-refractivity contribution in [3.63, 3.8) is 0 Å². The molecule has 0 radical (unpaired) electrons. The van der Waals surface area contributed by atoms with Crippen molar-refractivity contribution in [2.75, 3.05) is 0 Å². The first-order valence-electron chi connectivity index (χ1n) is 5.04. The van der Waals surface area contributed by atoms with Crippen molar-refractivity contribution < 1.29 is 0 Å². The Morgan fingerprint density at radius 1 is 1.23 bits per heavy atom. The number of rotatable bonds is 1. The Labute approximate surface area is 79.2 Å². The van der Waals surface area contributed by atoms with Gasteiger partial charge in [-0.2, -0.15) is 0 Å². The van der Waals surface area contributed by atoms with Gasteiger partial charge in [0.15, 0.2) is 0 Å². The first-order chi connectivity index (χ1) is 6.38. The van der Waals surface area contributed by atoms with Gasteiger partial charge in [0.1, 0.15) is 0 Å². The van der Waals surface area contributed by atoms with Crippen molar-refractivity contribution in [2.24, 2.45) is 5.73 Å². The molecule has 0 spiro atoms. The van der Waals surface area contributed by atoms with Gasteiger partial charge < -0.3 is 5.73 Å². The molecule has 0 aromatic carbocycles. The van der Waals surface area contributed by atoms with Gasteiger partial charge in [0, 0.05) is 23.9 Å². The monoisotopic (exact) mass is 176 g/mol. The molecule has 2 N–H and O–H groups in total. The summed E-state index contributed by atoms with van der Waals surface area (Å²) in [5.74, 6) is 0.495. The molecule has 1 unspecified atom stereocenters. The van der Waals surface area contributed by atoms with Crippen molar-refractivity contribution in [3.8, 4) is 0 Å². The lowest BCUT2D eigenvalue weighted by molar-refractivity contribution is 0.380. The van der Waals surface area contributed by atoms with E-state index in [4.69, 9.17) is 5.73 Å². The molecule has 2 nitrogen and oxygen atoms in total. The van der Waals surface area contributed by atoms with Gasteiger partial charge in [0.2, 0.25) is 0 Å². The van der Waals surface area contributed by atoms with Crippen LogP contribution < -0.4 is 5.73 Å². The van der Waals surface area contributed by atoms with Gasteiger partial charge in [0.05, 0.1) is 0 Å². The molecule has 1 heterocycles. The van der Waals surface area contributed by atoms with Crippen LogP contribution in [0, 0.1) is 0 Å². The van der Waals surface area contributed by atoms with E-state index >= 15 is 0 Å². The third-order valence-electron chi connectivity index (χ3n) is 2.89. The van der Waals surface area contributed by atoms with Crippen LogP contribution in [0.3, 0.4) is 0 Å². The molecule has 13 heavy (non-hydrogen) atoms. The maximum absolute atomic E-state index is 6.07. The molecule has 1 aromatic heterocycles. The van der Waals surface area contributed by atoms with E-state index < -0.39 is 0 Å². The molecule has 1 aromatic rings. The van der Waals surface area contributed by atoms with Crippen LogP contribution in [0.5, 0.6) is 0 Å². The molecule has 1 fully saturated rings.